The number of rotatable bonds is 0. The number of halogens is 2. The molecule has 0 heterocycles. The van der Waals surface area contributed by atoms with Crippen LogP contribution in [0.5, 0.6) is 0 Å². The van der Waals surface area contributed by atoms with Crippen molar-refractivity contribution in [3.05, 3.63) is 48.1 Å². The summed E-state index contributed by atoms with van der Waals surface area (Å²) in [6, 6.07) is 0. The van der Waals surface area contributed by atoms with E-state index in [-0.39, 0.29) is 0 Å². The van der Waals surface area contributed by atoms with Gasteiger partial charge in [0.1, 0.15) is 0 Å². The van der Waals surface area contributed by atoms with E-state index in [0.29, 0.717) is 0 Å². The summed E-state index contributed by atoms with van der Waals surface area (Å²) in [5.74, 6) is 0. The van der Waals surface area contributed by atoms with Crippen LogP contribution in [0.3, 0.4) is 0 Å². The van der Waals surface area contributed by atoms with E-state index in [1.54, 1.807) is 0 Å². The van der Waals surface area contributed by atoms with Crippen LogP contribution >= 0.6 is 18.6 Å². The van der Waals surface area contributed by atoms with Crippen LogP contribution in [0.4, 0.5) is 0 Å². The molecule has 0 nitrogen and oxygen atoms in total. The third-order valence-corrected chi connectivity index (χ3v) is 1.45. The van der Waals surface area contributed by atoms with Crippen LogP contribution in [0.1, 0.15) is 19.8 Å². The molecule has 2 aliphatic carbocycles. The SMILES string of the molecule is CC1=[C-]CC=C1.[C-]1=CC=CC1.[Cl][Ti][Cl]. The normalized spacial score (nSPS) is 15.2. The molecule has 0 saturated carbocycles. The van der Waals surface area contributed by atoms with Gasteiger partial charge in [-0.1, -0.05) is 6.92 Å². The second-order valence-electron chi connectivity index (χ2n) is 2.54. The molecule has 0 bridgehead atoms. The summed E-state index contributed by atoms with van der Waals surface area (Å²) in [5, 5.41) is 0. The van der Waals surface area contributed by atoms with E-state index >= 15 is 0 Å². The fourth-order valence-electron chi connectivity index (χ4n) is 0.855. The molecular weight excluding hydrogens is 251 g/mol. The molecule has 76 valence electrons. The molecule has 0 fully saturated rings. The van der Waals surface area contributed by atoms with Gasteiger partial charge in [-0.05, 0) is 0 Å². The average Bonchev–Trinajstić information content (AvgIpc) is 2.78. The van der Waals surface area contributed by atoms with Gasteiger partial charge in [-0.2, -0.15) is 12.2 Å². The Balaban J connectivity index is 0.000000193. The van der Waals surface area contributed by atoms with E-state index in [4.69, 9.17) is 18.6 Å². The van der Waals surface area contributed by atoms with E-state index in [0.717, 1.165) is 12.8 Å². The van der Waals surface area contributed by atoms with Crippen molar-refractivity contribution in [2.45, 2.75) is 19.8 Å². The van der Waals surface area contributed by atoms with Crippen molar-refractivity contribution in [3.8, 4) is 0 Å². The van der Waals surface area contributed by atoms with Crippen LogP contribution in [0, 0.1) is 12.2 Å². The van der Waals surface area contributed by atoms with Gasteiger partial charge >= 0.3 is 35.6 Å². The summed E-state index contributed by atoms with van der Waals surface area (Å²) < 4.78 is 0. The van der Waals surface area contributed by atoms with Crippen LogP contribution in [0.25, 0.3) is 0 Å². The summed E-state index contributed by atoms with van der Waals surface area (Å²) in [4.78, 5) is 0. The van der Waals surface area contributed by atoms with Crippen LogP contribution < -0.4 is 0 Å². The molecule has 2 aliphatic rings. The van der Waals surface area contributed by atoms with Gasteiger partial charge in [-0.3, -0.25) is 12.2 Å². The van der Waals surface area contributed by atoms with Crippen molar-refractivity contribution >= 4 is 18.6 Å². The molecule has 0 N–H and O–H groups in total. The molecule has 3 heteroatoms. The van der Waals surface area contributed by atoms with Gasteiger partial charge in [0.25, 0.3) is 0 Å². The molecule has 0 atom stereocenters. The van der Waals surface area contributed by atoms with Crippen LogP contribution in [-0.2, 0) is 17.0 Å². The second-order valence-corrected chi connectivity index (χ2v) is 5.12. The van der Waals surface area contributed by atoms with E-state index < -0.39 is 17.0 Å². The van der Waals surface area contributed by atoms with E-state index in [1.807, 2.05) is 12.2 Å². The van der Waals surface area contributed by atoms with Crippen molar-refractivity contribution in [3.63, 3.8) is 0 Å². The predicted octanol–water partition coefficient (Wildman–Crippen LogP) is 4.38. The third kappa shape index (κ3) is 10.3. The zero-order chi connectivity index (χ0) is 10.6. The molecule has 0 saturated heterocycles. The first kappa shape index (κ1) is 14.3. The molecule has 2 rings (SSSR count). The summed E-state index contributed by atoms with van der Waals surface area (Å²) >= 11 is -0.556. The number of allylic oxidation sites excluding steroid dienone is 8. The monoisotopic (exact) mass is 262 g/mol. The van der Waals surface area contributed by atoms with Gasteiger partial charge in [-0.15, -0.1) is 12.8 Å². The van der Waals surface area contributed by atoms with Gasteiger partial charge in [0.2, 0.25) is 0 Å². The van der Waals surface area contributed by atoms with Gasteiger partial charge in [-0.25, -0.2) is 23.8 Å². The van der Waals surface area contributed by atoms with E-state index in [2.05, 4.69) is 37.3 Å². The molecular formula is C11H12Cl2Ti-2. The Morgan fingerprint density at radius 1 is 1.29 bits per heavy atom. The number of hydrogen-bond acceptors (Lipinski definition) is 0. The fourth-order valence-corrected chi connectivity index (χ4v) is 0.855. The first-order valence-electron chi connectivity index (χ1n) is 4.23. The Hall–Kier alpha value is 0.254. The zero-order valence-corrected chi connectivity index (χ0v) is 11.1. The molecule has 0 amide bonds. The molecule has 0 spiro atoms. The minimum atomic E-state index is -0.556. The Bertz CT molecular complexity index is 227. The molecule has 0 aliphatic heterocycles. The standard InChI is InChI=1S/C6H7.C5H5.2ClH.Ti/c1-6-4-2-3-5-6;1-2-4-5-3-1;;;/h2,4H,3H2,1H3;1-3H,4H2;2*1H;/q2*-1;;;+2/p-2. The topological polar surface area (TPSA) is 0 Å². The average molecular weight is 263 g/mol. The van der Waals surface area contributed by atoms with Gasteiger partial charge < -0.3 is 0 Å². The molecule has 0 unspecified atom stereocenters. The quantitative estimate of drug-likeness (QED) is 0.449. The Morgan fingerprint density at radius 3 is 2.14 bits per heavy atom. The van der Waals surface area contributed by atoms with Crippen molar-refractivity contribution in [1.29, 1.82) is 0 Å². The second kappa shape index (κ2) is 11.3. The molecule has 0 aromatic heterocycles. The van der Waals surface area contributed by atoms with Gasteiger partial charge in [0.15, 0.2) is 0 Å². The van der Waals surface area contributed by atoms with Crippen molar-refractivity contribution < 1.29 is 17.0 Å². The maximum atomic E-state index is 4.89. The van der Waals surface area contributed by atoms with Gasteiger partial charge in [0, 0.05) is 0 Å². The van der Waals surface area contributed by atoms with Crippen molar-refractivity contribution in [2.75, 3.05) is 0 Å². The Morgan fingerprint density at radius 2 is 2.00 bits per heavy atom. The van der Waals surface area contributed by atoms with Crippen molar-refractivity contribution in [2.24, 2.45) is 0 Å². The Kier molecular flexibility index (Phi) is 11.5. The predicted molar refractivity (Wildman–Crippen MR) is 59.5 cm³/mol. The summed E-state index contributed by atoms with van der Waals surface area (Å²) in [6.45, 7) is 2.06. The summed E-state index contributed by atoms with van der Waals surface area (Å²) in [6.07, 6.45) is 18.3. The fraction of sp³-hybridized carbons (Fsp3) is 0.273. The molecule has 14 heavy (non-hydrogen) atoms. The number of hydrogen-bond donors (Lipinski definition) is 0. The zero-order valence-electron chi connectivity index (χ0n) is 8.06. The first-order valence-corrected chi connectivity index (χ1v) is 8.53. The van der Waals surface area contributed by atoms with E-state index in [1.165, 1.54) is 5.57 Å². The summed E-state index contributed by atoms with van der Waals surface area (Å²) in [7, 11) is 9.78. The third-order valence-electron chi connectivity index (χ3n) is 1.45. The minimum absolute atomic E-state index is 0.556. The molecule has 0 radical (unpaired) electrons. The van der Waals surface area contributed by atoms with Crippen LogP contribution in [0.15, 0.2) is 36.0 Å². The van der Waals surface area contributed by atoms with E-state index in [9.17, 15) is 0 Å². The maximum absolute atomic E-state index is 4.89. The van der Waals surface area contributed by atoms with Gasteiger partial charge in [0.05, 0.1) is 0 Å². The van der Waals surface area contributed by atoms with Crippen molar-refractivity contribution in [1.82, 2.24) is 0 Å². The molecule has 0 aromatic rings. The summed E-state index contributed by atoms with van der Waals surface area (Å²) in [5.41, 5.74) is 1.27. The Labute approximate surface area is 103 Å². The first-order chi connectivity index (χ1) is 6.81. The van der Waals surface area contributed by atoms with Crippen LogP contribution in [-0.4, -0.2) is 0 Å². The molecule has 0 aromatic carbocycles. The van der Waals surface area contributed by atoms with Crippen LogP contribution in [0.2, 0.25) is 0 Å².